The molecule has 5 heteroatoms. The summed E-state index contributed by atoms with van der Waals surface area (Å²) in [6.07, 6.45) is 0. The van der Waals surface area contributed by atoms with Crippen molar-refractivity contribution in [3.05, 3.63) is 29.6 Å². The van der Waals surface area contributed by atoms with Crippen LogP contribution in [0, 0.1) is 5.82 Å². The Kier molecular flexibility index (Phi) is 3.72. The Morgan fingerprint density at radius 2 is 2.12 bits per heavy atom. The summed E-state index contributed by atoms with van der Waals surface area (Å²) in [5, 5.41) is 8.95. The van der Waals surface area contributed by atoms with Crippen molar-refractivity contribution < 1.29 is 19.0 Å². The molecule has 17 heavy (non-hydrogen) atoms. The van der Waals surface area contributed by atoms with E-state index in [1.807, 2.05) is 0 Å². The van der Waals surface area contributed by atoms with E-state index in [9.17, 15) is 9.18 Å². The third kappa shape index (κ3) is 2.39. The Bertz CT molecular complexity index is 432. The van der Waals surface area contributed by atoms with E-state index in [0.717, 1.165) is 0 Å². The second-order valence-electron chi connectivity index (χ2n) is 4.36. The molecule has 0 bridgehead atoms. The first-order chi connectivity index (χ1) is 7.82. The second-order valence-corrected chi connectivity index (χ2v) is 4.36. The SMILES string of the molecule is COc1c(F)cccc1C(C)(C)C(N)C(=O)O. The monoisotopic (exact) mass is 241 g/mol. The summed E-state index contributed by atoms with van der Waals surface area (Å²) >= 11 is 0. The van der Waals surface area contributed by atoms with Crippen molar-refractivity contribution in [1.82, 2.24) is 0 Å². The standard InChI is InChI=1S/C12H16FNO3/c1-12(2,10(14)11(15)16)7-5-4-6-8(13)9(7)17-3/h4-6,10H,14H2,1-3H3,(H,15,16). The van der Waals surface area contributed by atoms with Gasteiger partial charge >= 0.3 is 5.97 Å². The van der Waals surface area contributed by atoms with Gasteiger partial charge in [-0.2, -0.15) is 0 Å². The zero-order valence-corrected chi connectivity index (χ0v) is 10.0. The van der Waals surface area contributed by atoms with E-state index in [1.165, 1.54) is 19.2 Å². The molecule has 1 unspecified atom stereocenters. The van der Waals surface area contributed by atoms with Crippen LogP contribution in [0.3, 0.4) is 0 Å². The van der Waals surface area contributed by atoms with Crippen molar-refractivity contribution in [1.29, 1.82) is 0 Å². The number of carboxylic acids is 1. The number of para-hydroxylation sites is 1. The zero-order valence-electron chi connectivity index (χ0n) is 10.0. The summed E-state index contributed by atoms with van der Waals surface area (Å²) in [4.78, 5) is 10.9. The van der Waals surface area contributed by atoms with Crippen LogP contribution in [0.1, 0.15) is 19.4 Å². The topological polar surface area (TPSA) is 72.5 Å². The normalized spacial score (nSPS) is 13.2. The zero-order chi connectivity index (χ0) is 13.2. The molecular weight excluding hydrogens is 225 g/mol. The van der Waals surface area contributed by atoms with Gasteiger partial charge in [-0.1, -0.05) is 26.0 Å². The van der Waals surface area contributed by atoms with Crippen molar-refractivity contribution in [3.8, 4) is 5.75 Å². The molecule has 1 aromatic rings. The third-order valence-electron chi connectivity index (χ3n) is 2.91. The molecule has 0 aromatic heterocycles. The number of methoxy groups -OCH3 is 1. The van der Waals surface area contributed by atoms with Crippen LogP contribution in [-0.4, -0.2) is 24.2 Å². The number of hydrogen-bond donors (Lipinski definition) is 2. The number of nitrogens with two attached hydrogens (primary N) is 1. The summed E-state index contributed by atoms with van der Waals surface area (Å²) in [5.41, 5.74) is 5.13. The molecule has 4 nitrogen and oxygen atoms in total. The number of aliphatic carboxylic acids is 1. The lowest BCUT2D eigenvalue weighted by Gasteiger charge is -2.30. The van der Waals surface area contributed by atoms with Crippen LogP contribution >= 0.6 is 0 Å². The van der Waals surface area contributed by atoms with E-state index in [-0.39, 0.29) is 5.75 Å². The van der Waals surface area contributed by atoms with E-state index >= 15 is 0 Å². The Labute approximate surface area is 99.2 Å². The van der Waals surface area contributed by atoms with Crippen LogP contribution in [0.4, 0.5) is 4.39 Å². The van der Waals surface area contributed by atoms with E-state index in [2.05, 4.69) is 0 Å². The minimum atomic E-state index is -1.14. The Morgan fingerprint density at radius 1 is 1.53 bits per heavy atom. The van der Waals surface area contributed by atoms with E-state index in [4.69, 9.17) is 15.6 Å². The second kappa shape index (κ2) is 4.71. The molecule has 0 radical (unpaired) electrons. The minimum absolute atomic E-state index is 0.0363. The number of carboxylic acid groups (broad SMARTS) is 1. The highest BCUT2D eigenvalue weighted by Gasteiger charge is 2.36. The van der Waals surface area contributed by atoms with Crippen molar-refractivity contribution in [3.63, 3.8) is 0 Å². The maximum absolute atomic E-state index is 13.5. The highest BCUT2D eigenvalue weighted by atomic mass is 19.1. The van der Waals surface area contributed by atoms with Gasteiger partial charge in [0.1, 0.15) is 6.04 Å². The highest BCUT2D eigenvalue weighted by molar-refractivity contribution is 5.76. The summed E-state index contributed by atoms with van der Waals surface area (Å²) in [5.74, 6) is -1.63. The third-order valence-corrected chi connectivity index (χ3v) is 2.91. The summed E-state index contributed by atoms with van der Waals surface area (Å²) in [7, 11) is 1.34. The smallest absolute Gasteiger partial charge is 0.321 e. The molecule has 0 saturated carbocycles. The minimum Gasteiger partial charge on any atom is -0.493 e. The average molecular weight is 241 g/mol. The molecule has 0 amide bonds. The molecule has 1 atom stereocenters. The average Bonchev–Trinajstić information content (AvgIpc) is 2.27. The van der Waals surface area contributed by atoms with Crippen LogP contribution in [0.15, 0.2) is 18.2 Å². The van der Waals surface area contributed by atoms with Crippen molar-refractivity contribution in [2.24, 2.45) is 5.73 Å². The van der Waals surface area contributed by atoms with Crippen molar-refractivity contribution in [2.75, 3.05) is 7.11 Å². The lowest BCUT2D eigenvalue weighted by molar-refractivity contribution is -0.140. The number of carbonyl (C=O) groups is 1. The largest absolute Gasteiger partial charge is 0.493 e. The first-order valence-corrected chi connectivity index (χ1v) is 5.13. The van der Waals surface area contributed by atoms with Crippen LogP contribution in [0.5, 0.6) is 5.75 Å². The van der Waals surface area contributed by atoms with Gasteiger partial charge in [0.25, 0.3) is 0 Å². The molecule has 0 aliphatic heterocycles. The molecule has 0 fully saturated rings. The van der Waals surface area contributed by atoms with Crippen LogP contribution in [-0.2, 0) is 10.2 Å². The van der Waals surface area contributed by atoms with Gasteiger partial charge in [0.15, 0.2) is 11.6 Å². The molecular formula is C12H16FNO3. The van der Waals surface area contributed by atoms with Crippen LogP contribution < -0.4 is 10.5 Å². The van der Waals surface area contributed by atoms with E-state index < -0.39 is 23.2 Å². The number of halogens is 1. The van der Waals surface area contributed by atoms with Gasteiger partial charge in [-0.05, 0) is 6.07 Å². The fourth-order valence-electron chi connectivity index (χ4n) is 1.70. The van der Waals surface area contributed by atoms with Gasteiger partial charge in [0.2, 0.25) is 0 Å². The van der Waals surface area contributed by atoms with Crippen molar-refractivity contribution >= 4 is 5.97 Å². The fraction of sp³-hybridized carbons (Fsp3) is 0.417. The molecule has 1 aromatic carbocycles. The van der Waals surface area contributed by atoms with Crippen LogP contribution in [0.25, 0.3) is 0 Å². The molecule has 0 spiro atoms. The fourth-order valence-corrected chi connectivity index (χ4v) is 1.70. The molecule has 1 rings (SSSR count). The van der Waals surface area contributed by atoms with Gasteiger partial charge in [0, 0.05) is 11.0 Å². The first-order valence-electron chi connectivity index (χ1n) is 5.13. The van der Waals surface area contributed by atoms with Gasteiger partial charge < -0.3 is 15.6 Å². The van der Waals surface area contributed by atoms with Gasteiger partial charge in [-0.15, -0.1) is 0 Å². The first kappa shape index (κ1) is 13.4. The Hall–Kier alpha value is -1.62. The van der Waals surface area contributed by atoms with Gasteiger partial charge in [-0.3, -0.25) is 4.79 Å². The molecule has 94 valence electrons. The van der Waals surface area contributed by atoms with Crippen LogP contribution in [0.2, 0.25) is 0 Å². The van der Waals surface area contributed by atoms with E-state index in [1.54, 1.807) is 19.9 Å². The van der Waals surface area contributed by atoms with E-state index in [0.29, 0.717) is 5.56 Å². The number of benzene rings is 1. The van der Waals surface area contributed by atoms with Gasteiger partial charge in [-0.25, -0.2) is 4.39 Å². The molecule has 0 aliphatic rings. The predicted octanol–water partition coefficient (Wildman–Crippen LogP) is 1.52. The number of ether oxygens (including phenoxy) is 1. The predicted molar refractivity (Wildman–Crippen MR) is 61.6 cm³/mol. The summed E-state index contributed by atoms with van der Waals surface area (Å²) < 4.78 is 18.5. The van der Waals surface area contributed by atoms with Gasteiger partial charge in [0.05, 0.1) is 7.11 Å². The Morgan fingerprint density at radius 3 is 2.59 bits per heavy atom. The lowest BCUT2D eigenvalue weighted by atomic mass is 9.77. The van der Waals surface area contributed by atoms with Crippen molar-refractivity contribution in [2.45, 2.75) is 25.3 Å². The maximum Gasteiger partial charge on any atom is 0.321 e. The quantitative estimate of drug-likeness (QED) is 0.838. The molecule has 3 N–H and O–H groups in total. The maximum atomic E-state index is 13.5. The summed E-state index contributed by atoms with van der Waals surface area (Å²) in [6.45, 7) is 3.28. The molecule has 0 saturated heterocycles. The number of hydrogen-bond acceptors (Lipinski definition) is 3. The lowest BCUT2D eigenvalue weighted by Crippen LogP contribution is -2.47. The molecule has 0 heterocycles. The summed E-state index contributed by atoms with van der Waals surface area (Å²) in [6, 6.07) is 3.23. The Balaban J connectivity index is 3.32. The number of rotatable bonds is 4. The highest BCUT2D eigenvalue weighted by Crippen LogP contribution is 2.35. The molecule has 0 aliphatic carbocycles.